The fraction of sp³-hybridized carbons (Fsp3) is 0.267. The number of Topliss-reactive ketones (excluding diaryl/α,β-unsaturated/α-hetero) is 1. The van der Waals surface area contributed by atoms with E-state index in [2.05, 4.69) is 11.4 Å². The number of hydrogen-bond donors (Lipinski definition) is 0. The molecule has 0 bridgehead atoms. The number of para-hydroxylation sites is 1. The summed E-state index contributed by atoms with van der Waals surface area (Å²) in [7, 11) is 0. The highest BCUT2D eigenvalue weighted by Crippen LogP contribution is 2.29. The minimum atomic E-state index is -0.277. The molecule has 0 N–H and O–H groups in total. The second-order valence-electron chi connectivity index (χ2n) is 4.52. The first kappa shape index (κ1) is 11.5. The molecule has 1 aliphatic heterocycles. The highest BCUT2D eigenvalue weighted by Gasteiger charge is 2.27. The van der Waals surface area contributed by atoms with Gasteiger partial charge in [0, 0.05) is 12.8 Å². The summed E-state index contributed by atoms with van der Waals surface area (Å²) in [6.45, 7) is 0. The number of rotatable bonds is 4. The molecule has 0 radical (unpaired) electrons. The summed E-state index contributed by atoms with van der Waals surface area (Å²) in [5.74, 6) is 1.07. The highest BCUT2D eigenvalue weighted by molar-refractivity contribution is 7.07. The van der Waals surface area contributed by atoms with Crippen LogP contribution in [0.3, 0.4) is 0 Å². The summed E-state index contributed by atoms with van der Waals surface area (Å²) in [6.07, 6.45) is 1.83. The van der Waals surface area contributed by atoms with Gasteiger partial charge in [-0.15, -0.1) is 0 Å². The van der Waals surface area contributed by atoms with Gasteiger partial charge in [-0.2, -0.15) is 11.3 Å². The first-order valence-corrected chi connectivity index (χ1v) is 7.05. The number of ketones is 1. The SMILES string of the molecule is O=C(CCc1ccsc1)C1Cc2ccccc2O1. The van der Waals surface area contributed by atoms with Crippen molar-refractivity contribution >= 4 is 17.1 Å². The van der Waals surface area contributed by atoms with Crippen LogP contribution >= 0.6 is 11.3 Å². The molecule has 1 atom stereocenters. The molecular weight excluding hydrogens is 244 g/mol. The molecule has 92 valence electrons. The standard InChI is InChI=1S/C15H14O2S/c16-13(6-5-11-7-8-18-10-11)15-9-12-3-1-2-4-14(12)17-15/h1-4,7-8,10,15H,5-6,9H2. The third-order valence-corrected chi connectivity index (χ3v) is 3.98. The van der Waals surface area contributed by atoms with Crippen molar-refractivity contribution in [3.8, 4) is 5.75 Å². The minimum Gasteiger partial charge on any atom is -0.482 e. The van der Waals surface area contributed by atoms with Gasteiger partial charge in [-0.1, -0.05) is 18.2 Å². The van der Waals surface area contributed by atoms with Crippen LogP contribution in [0.4, 0.5) is 0 Å². The molecule has 0 saturated heterocycles. The first-order chi connectivity index (χ1) is 8.83. The van der Waals surface area contributed by atoms with Gasteiger partial charge in [-0.3, -0.25) is 4.79 Å². The fourth-order valence-electron chi connectivity index (χ4n) is 2.23. The molecule has 2 nitrogen and oxygen atoms in total. The molecule has 1 aromatic carbocycles. The van der Waals surface area contributed by atoms with Crippen LogP contribution in [-0.2, 0) is 17.6 Å². The van der Waals surface area contributed by atoms with Crippen LogP contribution in [-0.4, -0.2) is 11.9 Å². The Balaban J connectivity index is 1.59. The molecule has 3 rings (SSSR count). The third kappa shape index (κ3) is 2.31. The van der Waals surface area contributed by atoms with Crippen LogP contribution < -0.4 is 4.74 Å². The lowest BCUT2D eigenvalue weighted by Gasteiger charge is -2.08. The van der Waals surface area contributed by atoms with Crippen LogP contribution in [0.5, 0.6) is 5.75 Å². The Morgan fingerprint density at radius 2 is 2.22 bits per heavy atom. The first-order valence-electron chi connectivity index (χ1n) is 6.11. The molecule has 1 aromatic heterocycles. The predicted octanol–water partition coefficient (Wildman–Crippen LogP) is 3.25. The molecule has 2 heterocycles. The van der Waals surface area contributed by atoms with Crippen molar-refractivity contribution in [2.24, 2.45) is 0 Å². The second-order valence-corrected chi connectivity index (χ2v) is 5.30. The average molecular weight is 258 g/mol. The minimum absolute atomic E-state index is 0.206. The maximum absolute atomic E-state index is 12.1. The van der Waals surface area contributed by atoms with E-state index in [1.807, 2.05) is 29.6 Å². The van der Waals surface area contributed by atoms with Gasteiger partial charge in [0.15, 0.2) is 11.9 Å². The molecule has 0 aliphatic carbocycles. The smallest absolute Gasteiger partial charge is 0.173 e. The Morgan fingerprint density at radius 3 is 3.00 bits per heavy atom. The zero-order valence-electron chi connectivity index (χ0n) is 9.96. The Kier molecular flexibility index (Phi) is 3.15. The molecule has 3 heteroatoms. The molecular formula is C15H14O2S. The predicted molar refractivity (Wildman–Crippen MR) is 72.2 cm³/mol. The number of benzene rings is 1. The Bertz CT molecular complexity index is 520. The fourth-order valence-corrected chi connectivity index (χ4v) is 2.93. The molecule has 0 spiro atoms. The van der Waals surface area contributed by atoms with Gasteiger partial charge in [0.1, 0.15) is 5.75 Å². The van der Waals surface area contributed by atoms with Crippen molar-refractivity contribution in [1.29, 1.82) is 0 Å². The summed E-state index contributed by atoms with van der Waals surface area (Å²) in [4.78, 5) is 12.1. The number of carbonyl (C=O) groups is 1. The van der Waals surface area contributed by atoms with E-state index in [0.29, 0.717) is 6.42 Å². The number of ether oxygens (including phenoxy) is 1. The van der Waals surface area contributed by atoms with Crippen LogP contribution in [0.2, 0.25) is 0 Å². The number of hydrogen-bond acceptors (Lipinski definition) is 3. The third-order valence-electron chi connectivity index (χ3n) is 3.25. The van der Waals surface area contributed by atoms with Crippen LogP contribution in [0.15, 0.2) is 41.1 Å². The van der Waals surface area contributed by atoms with Crippen LogP contribution in [0.1, 0.15) is 17.5 Å². The Labute approximate surface area is 110 Å². The highest BCUT2D eigenvalue weighted by atomic mass is 32.1. The summed E-state index contributed by atoms with van der Waals surface area (Å²) >= 11 is 1.67. The van der Waals surface area contributed by atoms with Crippen molar-refractivity contribution in [2.75, 3.05) is 0 Å². The molecule has 18 heavy (non-hydrogen) atoms. The van der Waals surface area contributed by atoms with Crippen LogP contribution in [0, 0.1) is 0 Å². The summed E-state index contributed by atoms with van der Waals surface area (Å²) in [5.41, 5.74) is 2.38. The van der Waals surface area contributed by atoms with Crippen molar-refractivity contribution < 1.29 is 9.53 Å². The van der Waals surface area contributed by atoms with E-state index < -0.39 is 0 Å². The van der Waals surface area contributed by atoms with E-state index in [9.17, 15) is 4.79 Å². The Morgan fingerprint density at radius 1 is 1.33 bits per heavy atom. The lowest BCUT2D eigenvalue weighted by atomic mass is 10.0. The van der Waals surface area contributed by atoms with Gasteiger partial charge in [0.05, 0.1) is 0 Å². The zero-order valence-corrected chi connectivity index (χ0v) is 10.8. The van der Waals surface area contributed by atoms with Gasteiger partial charge < -0.3 is 4.74 Å². The normalized spacial score (nSPS) is 17.2. The monoisotopic (exact) mass is 258 g/mol. The number of carbonyl (C=O) groups excluding carboxylic acids is 1. The van der Waals surface area contributed by atoms with E-state index in [-0.39, 0.29) is 11.9 Å². The van der Waals surface area contributed by atoms with Gasteiger partial charge in [0.2, 0.25) is 0 Å². The van der Waals surface area contributed by atoms with Crippen molar-refractivity contribution in [3.05, 3.63) is 52.2 Å². The maximum Gasteiger partial charge on any atom is 0.173 e. The van der Waals surface area contributed by atoms with Gasteiger partial charge in [-0.25, -0.2) is 0 Å². The van der Waals surface area contributed by atoms with Gasteiger partial charge in [0.25, 0.3) is 0 Å². The number of fused-ring (bicyclic) bond motifs is 1. The molecule has 0 saturated carbocycles. The molecule has 2 aromatic rings. The summed E-state index contributed by atoms with van der Waals surface area (Å²) in [5, 5.41) is 4.14. The number of aryl methyl sites for hydroxylation is 1. The largest absolute Gasteiger partial charge is 0.482 e. The molecule has 0 fully saturated rings. The topological polar surface area (TPSA) is 26.3 Å². The Hall–Kier alpha value is -1.61. The summed E-state index contributed by atoms with van der Waals surface area (Å²) in [6, 6.07) is 9.96. The van der Waals surface area contributed by atoms with Crippen molar-refractivity contribution in [1.82, 2.24) is 0 Å². The van der Waals surface area contributed by atoms with E-state index in [4.69, 9.17) is 4.74 Å². The van der Waals surface area contributed by atoms with Crippen LogP contribution in [0.25, 0.3) is 0 Å². The van der Waals surface area contributed by atoms with E-state index in [1.165, 1.54) is 5.56 Å². The zero-order chi connectivity index (χ0) is 12.4. The quantitative estimate of drug-likeness (QED) is 0.841. The summed E-state index contributed by atoms with van der Waals surface area (Å²) < 4.78 is 5.69. The van der Waals surface area contributed by atoms with Crippen molar-refractivity contribution in [2.45, 2.75) is 25.4 Å². The molecule has 1 aliphatic rings. The molecule has 0 amide bonds. The second kappa shape index (κ2) is 4.94. The number of thiophene rings is 1. The molecule has 1 unspecified atom stereocenters. The lowest BCUT2D eigenvalue weighted by Crippen LogP contribution is -2.25. The van der Waals surface area contributed by atoms with E-state index in [0.717, 1.165) is 24.2 Å². The maximum atomic E-state index is 12.1. The van der Waals surface area contributed by atoms with Crippen molar-refractivity contribution in [3.63, 3.8) is 0 Å². The lowest BCUT2D eigenvalue weighted by molar-refractivity contribution is -0.125. The van der Waals surface area contributed by atoms with Gasteiger partial charge >= 0.3 is 0 Å². The van der Waals surface area contributed by atoms with E-state index in [1.54, 1.807) is 11.3 Å². The van der Waals surface area contributed by atoms with E-state index >= 15 is 0 Å². The average Bonchev–Trinajstić information content (AvgIpc) is 3.04. The van der Waals surface area contributed by atoms with Gasteiger partial charge in [-0.05, 0) is 40.4 Å².